The van der Waals surface area contributed by atoms with Crippen LogP contribution in [0.2, 0.25) is 0 Å². The standard InChI is InChI=1S/C17H14F3NO4/c1-10(17(23)21-12-4-7-14(19)15(20)8-12)25-16(22)9-24-13-5-2-11(18)3-6-13/h2-8,10H,9H2,1H3,(H,21,23)/t10-/m1/s1. The largest absolute Gasteiger partial charge is 0.482 e. The van der Waals surface area contributed by atoms with Crippen LogP contribution >= 0.6 is 0 Å². The van der Waals surface area contributed by atoms with Gasteiger partial charge < -0.3 is 14.8 Å². The van der Waals surface area contributed by atoms with E-state index >= 15 is 0 Å². The second-order valence-electron chi connectivity index (χ2n) is 4.99. The number of ether oxygens (including phenoxy) is 2. The van der Waals surface area contributed by atoms with E-state index in [1.807, 2.05) is 0 Å². The molecule has 5 nitrogen and oxygen atoms in total. The van der Waals surface area contributed by atoms with Gasteiger partial charge in [-0.05, 0) is 43.3 Å². The Bertz CT molecular complexity index is 765. The van der Waals surface area contributed by atoms with Crippen molar-refractivity contribution in [3.8, 4) is 5.75 Å². The lowest BCUT2D eigenvalue weighted by Crippen LogP contribution is -2.31. The average Bonchev–Trinajstić information content (AvgIpc) is 2.57. The number of amides is 1. The number of benzene rings is 2. The summed E-state index contributed by atoms with van der Waals surface area (Å²) in [6, 6.07) is 7.83. The molecule has 25 heavy (non-hydrogen) atoms. The van der Waals surface area contributed by atoms with Crippen LogP contribution in [-0.2, 0) is 14.3 Å². The van der Waals surface area contributed by atoms with Crippen molar-refractivity contribution in [1.29, 1.82) is 0 Å². The summed E-state index contributed by atoms with van der Waals surface area (Å²) < 4.78 is 48.6. The molecule has 1 N–H and O–H groups in total. The van der Waals surface area contributed by atoms with Gasteiger partial charge in [0.15, 0.2) is 24.3 Å². The zero-order valence-corrected chi connectivity index (χ0v) is 13.1. The van der Waals surface area contributed by atoms with Gasteiger partial charge in [-0.1, -0.05) is 0 Å². The Labute approximate surface area is 141 Å². The molecule has 2 aromatic rings. The molecule has 0 spiro atoms. The van der Waals surface area contributed by atoms with Crippen molar-refractivity contribution < 1.29 is 32.2 Å². The molecule has 0 fully saturated rings. The van der Waals surface area contributed by atoms with E-state index in [1.54, 1.807) is 0 Å². The minimum absolute atomic E-state index is 0.0226. The molecule has 0 aliphatic heterocycles. The predicted molar refractivity (Wildman–Crippen MR) is 82.4 cm³/mol. The zero-order chi connectivity index (χ0) is 18.4. The van der Waals surface area contributed by atoms with Crippen LogP contribution in [0.3, 0.4) is 0 Å². The Morgan fingerprint density at radius 1 is 1.04 bits per heavy atom. The van der Waals surface area contributed by atoms with Gasteiger partial charge in [-0.15, -0.1) is 0 Å². The number of rotatable bonds is 6. The molecule has 1 amide bonds. The average molecular weight is 353 g/mol. The fraction of sp³-hybridized carbons (Fsp3) is 0.176. The van der Waals surface area contributed by atoms with E-state index in [0.29, 0.717) is 0 Å². The van der Waals surface area contributed by atoms with Gasteiger partial charge in [-0.2, -0.15) is 0 Å². The SMILES string of the molecule is C[C@@H](OC(=O)COc1ccc(F)cc1)C(=O)Nc1ccc(F)c(F)c1. The number of halogens is 3. The first kappa shape index (κ1) is 18.3. The first-order chi connectivity index (χ1) is 11.8. The first-order valence-corrected chi connectivity index (χ1v) is 7.19. The molecule has 0 radical (unpaired) electrons. The van der Waals surface area contributed by atoms with Gasteiger partial charge in [0.1, 0.15) is 11.6 Å². The maximum absolute atomic E-state index is 13.1. The lowest BCUT2D eigenvalue weighted by Gasteiger charge is -2.14. The summed E-state index contributed by atoms with van der Waals surface area (Å²) in [6.07, 6.45) is -1.18. The Balaban J connectivity index is 1.82. The molecule has 132 valence electrons. The first-order valence-electron chi connectivity index (χ1n) is 7.19. The maximum atomic E-state index is 13.1. The molecule has 0 heterocycles. The molecule has 1 atom stereocenters. The molecule has 0 aromatic heterocycles. The van der Waals surface area contributed by atoms with Gasteiger partial charge in [-0.3, -0.25) is 4.79 Å². The fourth-order valence-electron chi connectivity index (χ4n) is 1.78. The summed E-state index contributed by atoms with van der Waals surface area (Å²) in [5.41, 5.74) is 0.0226. The fourth-order valence-corrected chi connectivity index (χ4v) is 1.78. The highest BCUT2D eigenvalue weighted by Crippen LogP contribution is 2.14. The smallest absolute Gasteiger partial charge is 0.344 e. The van der Waals surface area contributed by atoms with Crippen molar-refractivity contribution in [2.45, 2.75) is 13.0 Å². The van der Waals surface area contributed by atoms with Crippen molar-refractivity contribution in [3.05, 3.63) is 59.9 Å². The van der Waals surface area contributed by atoms with E-state index in [9.17, 15) is 22.8 Å². The second kappa shape index (κ2) is 8.18. The topological polar surface area (TPSA) is 64.6 Å². The number of hydrogen-bond donors (Lipinski definition) is 1. The molecule has 0 saturated heterocycles. The number of esters is 1. The quantitative estimate of drug-likeness (QED) is 0.811. The molecule has 0 aliphatic rings. The lowest BCUT2D eigenvalue weighted by atomic mass is 10.3. The molecule has 8 heteroatoms. The monoisotopic (exact) mass is 353 g/mol. The van der Waals surface area contributed by atoms with Crippen molar-refractivity contribution in [2.75, 3.05) is 11.9 Å². The summed E-state index contributed by atoms with van der Waals surface area (Å²) >= 11 is 0. The summed E-state index contributed by atoms with van der Waals surface area (Å²) in [5, 5.41) is 2.29. The molecular weight excluding hydrogens is 339 g/mol. The van der Waals surface area contributed by atoms with Gasteiger partial charge in [0.2, 0.25) is 0 Å². The Morgan fingerprint density at radius 2 is 1.72 bits per heavy atom. The van der Waals surface area contributed by atoms with Crippen molar-refractivity contribution in [3.63, 3.8) is 0 Å². The van der Waals surface area contributed by atoms with Crippen LogP contribution in [0.5, 0.6) is 5.75 Å². The normalized spacial score (nSPS) is 11.5. The van der Waals surface area contributed by atoms with Crippen LogP contribution in [0.1, 0.15) is 6.92 Å². The van der Waals surface area contributed by atoms with E-state index in [2.05, 4.69) is 5.32 Å². The maximum Gasteiger partial charge on any atom is 0.344 e. The lowest BCUT2D eigenvalue weighted by molar-refractivity contribution is -0.155. The van der Waals surface area contributed by atoms with Crippen LogP contribution in [0, 0.1) is 17.5 Å². The van der Waals surface area contributed by atoms with E-state index in [4.69, 9.17) is 9.47 Å². The minimum atomic E-state index is -1.18. The van der Waals surface area contributed by atoms with E-state index in [-0.39, 0.29) is 11.4 Å². The molecule has 0 aliphatic carbocycles. The zero-order valence-electron chi connectivity index (χ0n) is 13.1. The van der Waals surface area contributed by atoms with Crippen LogP contribution in [-0.4, -0.2) is 24.6 Å². The summed E-state index contributed by atoms with van der Waals surface area (Å²) in [6.45, 7) is 0.833. The third-order valence-electron chi connectivity index (χ3n) is 3.03. The van der Waals surface area contributed by atoms with E-state index < -0.39 is 42.0 Å². The third-order valence-corrected chi connectivity index (χ3v) is 3.03. The van der Waals surface area contributed by atoms with Gasteiger partial charge >= 0.3 is 5.97 Å². The number of carbonyl (C=O) groups is 2. The van der Waals surface area contributed by atoms with Gasteiger partial charge in [0.25, 0.3) is 5.91 Å². The van der Waals surface area contributed by atoms with Crippen molar-refractivity contribution >= 4 is 17.6 Å². The highest BCUT2D eigenvalue weighted by molar-refractivity contribution is 5.95. The van der Waals surface area contributed by atoms with Gasteiger partial charge in [-0.25, -0.2) is 18.0 Å². The molecule has 2 rings (SSSR count). The molecule has 0 unspecified atom stereocenters. The highest BCUT2D eigenvalue weighted by Gasteiger charge is 2.19. The van der Waals surface area contributed by atoms with Gasteiger partial charge in [0.05, 0.1) is 0 Å². The Morgan fingerprint density at radius 3 is 2.36 bits per heavy atom. The van der Waals surface area contributed by atoms with E-state index in [1.165, 1.54) is 37.3 Å². The summed E-state index contributed by atoms with van der Waals surface area (Å²) in [5.74, 6) is -3.89. The van der Waals surface area contributed by atoms with Crippen molar-refractivity contribution in [2.24, 2.45) is 0 Å². The molecule has 0 bridgehead atoms. The van der Waals surface area contributed by atoms with Crippen LogP contribution in [0.15, 0.2) is 42.5 Å². The van der Waals surface area contributed by atoms with Crippen LogP contribution < -0.4 is 10.1 Å². The number of nitrogens with one attached hydrogen (secondary N) is 1. The Kier molecular flexibility index (Phi) is 5.99. The highest BCUT2D eigenvalue weighted by atomic mass is 19.2. The van der Waals surface area contributed by atoms with E-state index in [0.717, 1.165) is 12.1 Å². The van der Waals surface area contributed by atoms with Gasteiger partial charge in [0, 0.05) is 11.8 Å². The Hall–Kier alpha value is -3.03. The number of hydrogen-bond acceptors (Lipinski definition) is 4. The molecular formula is C17H14F3NO4. The van der Waals surface area contributed by atoms with Crippen LogP contribution in [0.25, 0.3) is 0 Å². The predicted octanol–water partition coefficient (Wildman–Crippen LogP) is 3.05. The van der Waals surface area contributed by atoms with Crippen LogP contribution in [0.4, 0.5) is 18.9 Å². The summed E-state index contributed by atoms with van der Waals surface area (Å²) in [4.78, 5) is 23.5. The molecule has 2 aromatic carbocycles. The summed E-state index contributed by atoms with van der Waals surface area (Å²) in [7, 11) is 0. The van der Waals surface area contributed by atoms with Crippen molar-refractivity contribution in [1.82, 2.24) is 0 Å². The molecule has 0 saturated carbocycles. The number of anilines is 1. The third kappa shape index (κ3) is 5.52. The number of carbonyl (C=O) groups excluding carboxylic acids is 2. The second-order valence-corrected chi connectivity index (χ2v) is 4.99. The minimum Gasteiger partial charge on any atom is -0.482 e.